The SMILES string of the molecule is CC(C)c1ccc(C(CN)C(O)C2CCC2)cc1. The normalized spacial score (nSPS) is 19.6. The van der Waals surface area contributed by atoms with Crippen LogP contribution in [0.1, 0.15) is 56.1 Å². The average Bonchev–Trinajstić information content (AvgIpc) is 2.28. The van der Waals surface area contributed by atoms with Gasteiger partial charge in [0.25, 0.3) is 0 Å². The topological polar surface area (TPSA) is 46.2 Å². The van der Waals surface area contributed by atoms with Crippen molar-refractivity contribution in [2.75, 3.05) is 6.54 Å². The van der Waals surface area contributed by atoms with E-state index in [0.29, 0.717) is 18.4 Å². The molecule has 2 nitrogen and oxygen atoms in total. The van der Waals surface area contributed by atoms with E-state index in [9.17, 15) is 5.11 Å². The lowest BCUT2D eigenvalue weighted by Gasteiger charge is -2.35. The van der Waals surface area contributed by atoms with E-state index in [2.05, 4.69) is 38.1 Å². The minimum atomic E-state index is -0.270. The maximum atomic E-state index is 10.4. The van der Waals surface area contributed by atoms with Crippen LogP contribution in [0.15, 0.2) is 24.3 Å². The molecule has 2 rings (SSSR count). The lowest BCUT2D eigenvalue weighted by molar-refractivity contribution is 0.0420. The zero-order chi connectivity index (χ0) is 13.1. The Balaban J connectivity index is 2.11. The highest BCUT2D eigenvalue weighted by Gasteiger charge is 2.31. The molecule has 0 amide bonds. The number of hydrogen-bond donors (Lipinski definition) is 2. The van der Waals surface area contributed by atoms with Gasteiger partial charge >= 0.3 is 0 Å². The van der Waals surface area contributed by atoms with Gasteiger partial charge in [-0.25, -0.2) is 0 Å². The molecule has 2 unspecified atom stereocenters. The molecular formula is C16H25NO. The number of benzene rings is 1. The summed E-state index contributed by atoms with van der Waals surface area (Å²) in [7, 11) is 0. The number of rotatable bonds is 5. The Morgan fingerprint density at radius 1 is 1.17 bits per heavy atom. The maximum absolute atomic E-state index is 10.4. The second-order valence-electron chi connectivity index (χ2n) is 5.85. The van der Waals surface area contributed by atoms with Crippen molar-refractivity contribution in [3.63, 3.8) is 0 Å². The van der Waals surface area contributed by atoms with E-state index in [1.54, 1.807) is 0 Å². The molecule has 2 atom stereocenters. The maximum Gasteiger partial charge on any atom is 0.0648 e. The average molecular weight is 247 g/mol. The number of aliphatic hydroxyl groups is 1. The molecule has 2 heteroatoms. The fourth-order valence-electron chi connectivity index (χ4n) is 2.71. The van der Waals surface area contributed by atoms with Crippen molar-refractivity contribution in [2.45, 2.75) is 51.0 Å². The quantitative estimate of drug-likeness (QED) is 0.840. The monoisotopic (exact) mass is 247 g/mol. The van der Waals surface area contributed by atoms with Gasteiger partial charge in [0.05, 0.1) is 6.10 Å². The van der Waals surface area contributed by atoms with Gasteiger partial charge in [0.1, 0.15) is 0 Å². The van der Waals surface area contributed by atoms with Crippen molar-refractivity contribution in [1.29, 1.82) is 0 Å². The lowest BCUT2D eigenvalue weighted by atomic mass is 9.74. The van der Waals surface area contributed by atoms with Gasteiger partial charge < -0.3 is 10.8 Å². The Morgan fingerprint density at radius 3 is 2.11 bits per heavy atom. The summed E-state index contributed by atoms with van der Waals surface area (Å²) in [6, 6.07) is 8.59. The van der Waals surface area contributed by atoms with E-state index in [4.69, 9.17) is 5.73 Å². The van der Waals surface area contributed by atoms with E-state index in [1.165, 1.54) is 17.5 Å². The molecule has 0 bridgehead atoms. The van der Waals surface area contributed by atoms with Gasteiger partial charge in [-0.3, -0.25) is 0 Å². The second kappa shape index (κ2) is 5.85. The zero-order valence-electron chi connectivity index (χ0n) is 11.5. The minimum Gasteiger partial charge on any atom is -0.392 e. The van der Waals surface area contributed by atoms with E-state index in [-0.39, 0.29) is 12.0 Å². The molecule has 1 saturated carbocycles. The smallest absolute Gasteiger partial charge is 0.0648 e. The highest BCUT2D eigenvalue weighted by Crippen LogP contribution is 2.36. The summed E-state index contributed by atoms with van der Waals surface area (Å²) in [6.07, 6.45) is 3.29. The Labute approximate surface area is 110 Å². The highest BCUT2D eigenvalue weighted by molar-refractivity contribution is 5.28. The number of aliphatic hydroxyl groups excluding tert-OH is 1. The molecule has 0 aromatic heterocycles. The molecule has 0 spiro atoms. The summed E-state index contributed by atoms with van der Waals surface area (Å²) in [5.74, 6) is 1.10. The van der Waals surface area contributed by atoms with Crippen LogP contribution in [-0.4, -0.2) is 17.8 Å². The van der Waals surface area contributed by atoms with Crippen LogP contribution < -0.4 is 5.73 Å². The fraction of sp³-hybridized carbons (Fsp3) is 0.625. The molecule has 18 heavy (non-hydrogen) atoms. The van der Waals surface area contributed by atoms with Gasteiger partial charge in [-0.1, -0.05) is 44.5 Å². The third kappa shape index (κ3) is 2.76. The van der Waals surface area contributed by atoms with Crippen molar-refractivity contribution < 1.29 is 5.11 Å². The van der Waals surface area contributed by atoms with Gasteiger partial charge in [-0.05, 0) is 35.8 Å². The van der Waals surface area contributed by atoms with Gasteiger partial charge in [0.2, 0.25) is 0 Å². The van der Waals surface area contributed by atoms with Crippen molar-refractivity contribution in [1.82, 2.24) is 0 Å². The van der Waals surface area contributed by atoms with Gasteiger partial charge in [0.15, 0.2) is 0 Å². The molecule has 1 aromatic rings. The number of hydrogen-bond acceptors (Lipinski definition) is 2. The van der Waals surface area contributed by atoms with E-state index in [0.717, 1.165) is 12.8 Å². The van der Waals surface area contributed by atoms with Crippen LogP contribution >= 0.6 is 0 Å². The predicted molar refractivity (Wildman–Crippen MR) is 75.7 cm³/mol. The van der Waals surface area contributed by atoms with Gasteiger partial charge in [0, 0.05) is 12.5 Å². The largest absolute Gasteiger partial charge is 0.392 e. The molecule has 1 fully saturated rings. The van der Waals surface area contributed by atoms with Crippen molar-refractivity contribution in [3.8, 4) is 0 Å². The summed E-state index contributed by atoms with van der Waals surface area (Å²) in [4.78, 5) is 0. The van der Waals surface area contributed by atoms with Crippen LogP contribution in [0.3, 0.4) is 0 Å². The summed E-state index contributed by atoms with van der Waals surface area (Å²) >= 11 is 0. The Bertz CT molecular complexity index is 367. The molecule has 3 N–H and O–H groups in total. The summed E-state index contributed by atoms with van der Waals surface area (Å²) < 4.78 is 0. The van der Waals surface area contributed by atoms with Crippen LogP contribution in [0.2, 0.25) is 0 Å². The Hall–Kier alpha value is -0.860. The van der Waals surface area contributed by atoms with Crippen LogP contribution in [0.4, 0.5) is 0 Å². The molecule has 0 radical (unpaired) electrons. The molecule has 1 aromatic carbocycles. The predicted octanol–water partition coefficient (Wildman–Crippen LogP) is 3.01. The molecular weight excluding hydrogens is 222 g/mol. The first-order valence-corrected chi connectivity index (χ1v) is 7.11. The standard InChI is InChI=1S/C16H25NO/c1-11(2)12-6-8-13(9-7-12)15(10-17)16(18)14-4-3-5-14/h6-9,11,14-16,18H,3-5,10,17H2,1-2H3. The van der Waals surface area contributed by atoms with Crippen LogP contribution in [-0.2, 0) is 0 Å². The molecule has 1 aliphatic rings. The third-order valence-corrected chi connectivity index (χ3v) is 4.33. The third-order valence-electron chi connectivity index (χ3n) is 4.33. The first kappa shape index (κ1) is 13.6. The van der Waals surface area contributed by atoms with E-state index in [1.807, 2.05) is 0 Å². The zero-order valence-corrected chi connectivity index (χ0v) is 11.5. The Kier molecular flexibility index (Phi) is 4.41. The molecule has 0 heterocycles. The first-order chi connectivity index (χ1) is 8.63. The van der Waals surface area contributed by atoms with Crippen molar-refractivity contribution in [3.05, 3.63) is 35.4 Å². The van der Waals surface area contributed by atoms with Gasteiger partial charge in [-0.15, -0.1) is 0 Å². The van der Waals surface area contributed by atoms with Crippen LogP contribution in [0.5, 0.6) is 0 Å². The summed E-state index contributed by atoms with van der Waals surface area (Å²) in [5, 5.41) is 10.4. The molecule has 0 saturated heterocycles. The summed E-state index contributed by atoms with van der Waals surface area (Å²) in [5.41, 5.74) is 8.38. The minimum absolute atomic E-state index is 0.0940. The molecule has 0 aliphatic heterocycles. The Morgan fingerprint density at radius 2 is 1.72 bits per heavy atom. The van der Waals surface area contributed by atoms with E-state index >= 15 is 0 Å². The molecule has 1 aliphatic carbocycles. The first-order valence-electron chi connectivity index (χ1n) is 7.11. The van der Waals surface area contributed by atoms with Crippen molar-refractivity contribution in [2.24, 2.45) is 11.7 Å². The second-order valence-corrected chi connectivity index (χ2v) is 5.85. The number of nitrogens with two attached hydrogens (primary N) is 1. The summed E-state index contributed by atoms with van der Waals surface area (Å²) in [6.45, 7) is 4.91. The lowest BCUT2D eigenvalue weighted by Crippen LogP contribution is -2.35. The van der Waals surface area contributed by atoms with Crippen LogP contribution in [0, 0.1) is 5.92 Å². The fourth-order valence-corrected chi connectivity index (χ4v) is 2.71. The van der Waals surface area contributed by atoms with Crippen molar-refractivity contribution >= 4 is 0 Å². The highest BCUT2D eigenvalue weighted by atomic mass is 16.3. The van der Waals surface area contributed by atoms with Crippen LogP contribution in [0.25, 0.3) is 0 Å². The van der Waals surface area contributed by atoms with E-state index < -0.39 is 0 Å². The van der Waals surface area contributed by atoms with Gasteiger partial charge in [-0.2, -0.15) is 0 Å². The molecule has 100 valence electrons.